The molecule has 0 spiro atoms. The topological polar surface area (TPSA) is 73.9 Å². The fraction of sp³-hybridized carbons (Fsp3) is 0.636. The minimum Gasteiger partial charge on any atom is -0.493 e. The molecule has 158 valence electrons. The lowest BCUT2D eigenvalue weighted by molar-refractivity contribution is -0.157. The van der Waals surface area contributed by atoms with E-state index in [4.69, 9.17) is 14.2 Å². The minimum absolute atomic E-state index is 0.254. The molecule has 1 N–H and O–H groups in total. The lowest BCUT2D eigenvalue weighted by atomic mass is 10.1. The van der Waals surface area contributed by atoms with Gasteiger partial charge in [0.2, 0.25) is 0 Å². The van der Waals surface area contributed by atoms with E-state index >= 15 is 0 Å². The number of ether oxygens (including phenoxy) is 3. The molecule has 6 nitrogen and oxygen atoms in total. The monoisotopic (exact) mass is 393 g/mol. The van der Waals surface area contributed by atoms with Crippen LogP contribution in [0.3, 0.4) is 0 Å². The van der Waals surface area contributed by atoms with Crippen LogP contribution >= 0.6 is 0 Å². The van der Waals surface area contributed by atoms with Crippen molar-refractivity contribution < 1.29 is 23.8 Å². The maximum Gasteiger partial charge on any atom is 0.408 e. The summed E-state index contributed by atoms with van der Waals surface area (Å²) in [5, 5.41) is 2.60. The molecule has 1 aromatic carbocycles. The number of rotatable bonds is 6. The van der Waals surface area contributed by atoms with Crippen LogP contribution in [0.2, 0.25) is 0 Å². The molecule has 0 bridgehead atoms. The van der Waals surface area contributed by atoms with Crippen molar-refractivity contribution in [1.29, 1.82) is 0 Å². The van der Waals surface area contributed by atoms with Crippen LogP contribution in [0, 0.1) is 20.8 Å². The summed E-state index contributed by atoms with van der Waals surface area (Å²) in [4.78, 5) is 24.7. The van der Waals surface area contributed by atoms with Crippen LogP contribution in [0.25, 0.3) is 0 Å². The van der Waals surface area contributed by atoms with Crippen molar-refractivity contribution in [2.45, 2.75) is 86.0 Å². The Morgan fingerprint density at radius 2 is 1.43 bits per heavy atom. The molecule has 1 atom stereocenters. The Balaban J connectivity index is 2.82. The molecule has 0 unspecified atom stereocenters. The highest BCUT2D eigenvalue weighted by atomic mass is 16.6. The number of esters is 1. The number of nitrogens with one attached hydrogen (secondary N) is 1. The van der Waals surface area contributed by atoms with Crippen LogP contribution in [0.4, 0.5) is 4.79 Å². The van der Waals surface area contributed by atoms with Crippen molar-refractivity contribution in [3.05, 3.63) is 28.8 Å². The van der Waals surface area contributed by atoms with E-state index < -0.39 is 29.3 Å². The van der Waals surface area contributed by atoms with Gasteiger partial charge >= 0.3 is 12.1 Å². The fourth-order valence-corrected chi connectivity index (χ4v) is 2.74. The van der Waals surface area contributed by atoms with Crippen molar-refractivity contribution in [1.82, 2.24) is 5.32 Å². The summed E-state index contributed by atoms with van der Waals surface area (Å²) in [5.74, 6) is 0.283. The first-order valence-electron chi connectivity index (χ1n) is 9.61. The number of hydrogen-bond donors (Lipinski definition) is 1. The molecule has 6 heteroatoms. The van der Waals surface area contributed by atoms with Gasteiger partial charge in [-0.2, -0.15) is 0 Å². The van der Waals surface area contributed by atoms with Crippen LogP contribution < -0.4 is 10.1 Å². The molecule has 0 fully saturated rings. The molecule has 0 aromatic heterocycles. The molecule has 1 amide bonds. The van der Waals surface area contributed by atoms with Crippen molar-refractivity contribution in [2.24, 2.45) is 0 Å². The van der Waals surface area contributed by atoms with Crippen LogP contribution in [0.1, 0.15) is 64.7 Å². The first kappa shape index (κ1) is 23.8. The van der Waals surface area contributed by atoms with Gasteiger partial charge in [0, 0.05) is 6.42 Å². The number of aryl methyl sites for hydroxylation is 3. The Morgan fingerprint density at radius 3 is 1.89 bits per heavy atom. The third kappa shape index (κ3) is 8.63. The highest BCUT2D eigenvalue weighted by molar-refractivity contribution is 5.81. The van der Waals surface area contributed by atoms with Crippen LogP contribution in [-0.4, -0.2) is 35.9 Å². The minimum atomic E-state index is -0.861. The van der Waals surface area contributed by atoms with E-state index in [9.17, 15) is 9.59 Å². The summed E-state index contributed by atoms with van der Waals surface area (Å²) in [7, 11) is 0. The van der Waals surface area contributed by atoms with E-state index in [0.717, 1.165) is 16.9 Å². The number of amides is 1. The van der Waals surface area contributed by atoms with Crippen LogP contribution in [0.5, 0.6) is 5.75 Å². The molecule has 0 aliphatic rings. The normalized spacial score (nSPS) is 12.9. The summed E-state index contributed by atoms with van der Waals surface area (Å²) in [5.41, 5.74) is 1.92. The number of carbonyl (C=O) groups excluding carboxylic acids is 2. The molecule has 0 aliphatic heterocycles. The Bertz CT molecular complexity index is 675. The third-order valence-corrected chi connectivity index (χ3v) is 3.64. The highest BCUT2D eigenvalue weighted by Crippen LogP contribution is 2.25. The second kappa shape index (κ2) is 9.30. The predicted octanol–water partition coefficient (Wildman–Crippen LogP) is 4.62. The van der Waals surface area contributed by atoms with Crippen LogP contribution in [0.15, 0.2) is 12.1 Å². The average molecular weight is 394 g/mol. The van der Waals surface area contributed by atoms with Gasteiger partial charge in [0.1, 0.15) is 23.0 Å². The third-order valence-electron chi connectivity index (χ3n) is 3.64. The van der Waals surface area contributed by atoms with Gasteiger partial charge in [-0.3, -0.25) is 0 Å². The average Bonchev–Trinajstić information content (AvgIpc) is 2.44. The van der Waals surface area contributed by atoms with Crippen molar-refractivity contribution in [2.75, 3.05) is 6.61 Å². The lowest BCUT2D eigenvalue weighted by Crippen LogP contribution is -2.46. The van der Waals surface area contributed by atoms with Gasteiger partial charge in [-0.15, -0.1) is 0 Å². The van der Waals surface area contributed by atoms with E-state index in [1.165, 1.54) is 5.56 Å². The second-order valence-electron chi connectivity index (χ2n) is 9.10. The maximum atomic E-state index is 12.5. The summed E-state index contributed by atoms with van der Waals surface area (Å²) >= 11 is 0. The zero-order valence-corrected chi connectivity index (χ0v) is 18.7. The summed E-state index contributed by atoms with van der Waals surface area (Å²) in [6, 6.07) is 3.24. The van der Waals surface area contributed by atoms with Gasteiger partial charge in [0.15, 0.2) is 0 Å². The standard InChI is InChI=1S/C22H35NO5/c1-14-12-15(2)18(16(3)13-14)26-11-10-17(19(24)27-21(4,5)6)23-20(25)28-22(7,8)9/h12-13,17H,10-11H2,1-9H3,(H,23,25)/t17-/m0/s1. The van der Waals surface area contributed by atoms with Gasteiger partial charge < -0.3 is 19.5 Å². The molecule has 0 saturated heterocycles. The number of hydrogen-bond acceptors (Lipinski definition) is 5. The van der Waals surface area contributed by atoms with Gasteiger partial charge in [0.25, 0.3) is 0 Å². The molecule has 0 saturated carbocycles. The molecule has 0 radical (unpaired) electrons. The van der Waals surface area contributed by atoms with Crippen LogP contribution in [-0.2, 0) is 14.3 Å². The number of benzene rings is 1. The summed E-state index contributed by atoms with van der Waals surface area (Å²) in [6.45, 7) is 16.9. The molecule has 0 aliphatic carbocycles. The van der Waals surface area contributed by atoms with E-state index in [1.807, 2.05) is 32.9 Å². The number of alkyl carbamates (subject to hydrolysis) is 1. The predicted molar refractivity (Wildman–Crippen MR) is 110 cm³/mol. The summed E-state index contributed by atoms with van der Waals surface area (Å²) in [6.07, 6.45) is -0.396. The fourth-order valence-electron chi connectivity index (χ4n) is 2.74. The SMILES string of the molecule is Cc1cc(C)c(OCC[C@H](NC(=O)OC(C)(C)C)C(=O)OC(C)(C)C)c(C)c1. The smallest absolute Gasteiger partial charge is 0.408 e. The van der Waals surface area contributed by atoms with Crippen molar-refractivity contribution in [3.63, 3.8) is 0 Å². The quantitative estimate of drug-likeness (QED) is 0.714. The molecular weight excluding hydrogens is 358 g/mol. The van der Waals surface area contributed by atoms with E-state index in [1.54, 1.807) is 41.5 Å². The lowest BCUT2D eigenvalue weighted by Gasteiger charge is -2.26. The van der Waals surface area contributed by atoms with Crippen molar-refractivity contribution >= 4 is 12.1 Å². The van der Waals surface area contributed by atoms with Gasteiger partial charge in [0.05, 0.1) is 6.61 Å². The van der Waals surface area contributed by atoms with E-state index in [2.05, 4.69) is 5.32 Å². The van der Waals surface area contributed by atoms with Gasteiger partial charge in [-0.05, 0) is 73.4 Å². The molecule has 0 heterocycles. The highest BCUT2D eigenvalue weighted by Gasteiger charge is 2.28. The maximum absolute atomic E-state index is 12.5. The zero-order chi connectivity index (χ0) is 21.7. The first-order chi connectivity index (χ1) is 12.7. The van der Waals surface area contributed by atoms with E-state index in [0.29, 0.717) is 0 Å². The Hall–Kier alpha value is -2.24. The number of carbonyl (C=O) groups is 2. The molecule has 1 rings (SSSR count). The largest absolute Gasteiger partial charge is 0.493 e. The molecule has 28 heavy (non-hydrogen) atoms. The van der Waals surface area contributed by atoms with Gasteiger partial charge in [-0.25, -0.2) is 9.59 Å². The molecular formula is C22H35NO5. The molecule has 1 aromatic rings. The second-order valence-corrected chi connectivity index (χ2v) is 9.10. The first-order valence-corrected chi connectivity index (χ1v) is 9.61. The van der Waals surface area contributed by atoms with E-state index in [-0.39, 0.29) is 13.0 Å². The Kier molecular flexibility index (Phi) is 7.91. The van der Waals surface area contributed by atoms with Gasteiger partial charge in [-0.1, -0.05) is 17.7 Å². The summed E-state index contributed by atoms with van der Waals surface area (Å²) < 4.78 is 16.6. The Morgan fingerprint density at radius 1 is 0.929 bits per heavy atom. The van der Waals surface area contributed by atoms with Crippen molar-refractivity contribution in [3.8, 4) is 5.75 Å². The zero-order valence-electron chi connectivity index (χ0n) is 18.7. The Labute approximate surface area is 168 Å².